The molecule has 0 saturated heterocycles. The molecule has 5 aromatic rings. The number of aryl methyl sites for hydroxylation is 2. The van der Waals surface area contributed by atoms with Crippen molar-refractivity contribution in [1.29, 1.82) is 0 Å². The first kappa shape index (κ1) is 29.9. The topological polar surface area (TPSA) is 120 Å². The minimum atomic E-state index is 0.0165. The van der Waals surface area contributed by atoms with E-state index < -0.39 is 0 Å². The molecule has 0 aliphatic rings. The van der Waals surface area contributed by atoms with Crippen molar-refractivity contribution in [3.8, 4) is 0 Å². The van der Waals surface area contributed by atoms with Gasteiger partial charge in [0.05, 0.1) is 22.1 Å². The van der Waals surface area contributed by atoms with Crippen LogP contribution < -0.4 is 33.0 Å². The molecule has 8 heteroatoms. The van der Waals surface area contributed by atoms with Crippen LogP contribution in [0.5, 0.6) is 0 Å². The predicted molar refractivity (Wildman–Crippen MR) is 177 cm³/mol. The van der Waals surface area contributed by atoms with Crippen molar-refractivity contribution in [2.45, 2.75) is 51.6 Å². The fraction of sp³-hybridized carbons (Fsp3) is 0.412. The third-order valence-corrected chi connectivity index (χ3v) is 8.18. The molecule has 222 valence electrons. The molecule has 0 saturated carbocycles. The molecule has 0 spiro atoms. The lowest BCUT2D eigenvalue weighted by Gasteiger charge is -2.19. The highest BCUT2D eigenvalue weighted by Crippen LogP contribution is 2.27. The van der Waals surface area contributed by atoms with Crippen molar-refractivity contribution in [3.05, 3.63) is 81.1 Å². The summed E-state index contributed by atoms with van der Waals surface area (Å²) >= 11 is 0. The molecule has 0 aliphatic heterocycles. The van der Waals surface area contributed by atoms with E-state index in [1.165, 1.54) is 0 Å². The second-order valence-corrected chi connectivity index (χ2v) is 11.1. The lowest BCUT2D eigenvalue weighted by molar-refractivity contribution is 0.572. The molecule has 2 heterocycles. The number of unbranched alkanes of at least 4 members (excludes halogenated alkanes) is 4. The van der Waals surface area contributed by atoms with Crippen LogP contribution in [0, 0.1) is 0 Å². The number of hydrogen-bond donors (Lipinski definition) is 4. The van der Waals surface area contributed by atoms with Gasteiger partial charge in [0.2, 0.25) is 0 Å². The van der Waals surface area contributed by atoms with Crippen LogP contribution in [0.15, 0.2) is 70.3 Å². The molecule has 0 aliphatic carbocycles. The maximum atomic E-state index is 13.9. The molecule has 0 amide bonds. The summed E-state index contributed by atoms with van der Waals surface area (Å²) < 4.78 is 4.48. The van der Waals surface area contributed by atoms with Crippen molar-refractivity contribution >= 4 is 43.6 Å². The van der Waals surface area contributed by atoms with E-state index in [2.05, 4.69) is 19.8 Å². The number of nitrogens with zero attached hydrogens (tertiary/aromatic N) is 2. The van der Waals surface area contributed by atoms with Gasteiger partial charge >= 0.3 is 0 Å². The zero-order valence-corrected chi connectivity index (χ0v) is 24.5. The Hall–Kier alpha value is -3.56. The number of para-hydroxylation sites is 2. The van der Waals surface area contributed by atoms with Crippen LogP contribution in [-0.4, -0.2) is 48.4 Å². The third kappa shape index (κ3) is 6.42. The summed E-state index contributed by atoms with van der Waals surface area (Å²) in [5.41, 5.74) is 14.7. The number of benzene rings is 3. The van der Waals surface area contributed by atoms with Gasteiger partial charge in [-0.1, -0.05) is 37.1 Å². The van der Waals surface area contributed by atoms with E-state index in [1.807, 2.05) is 60.7 Å². The van der Waals surface area contributed by atoms with Crippen molar-refractivity contribution in [2.24, 2.45) is 11.5 Å². The summed E-state index contributed by atoms with van der Waals surface area (Å²) in [5.74, 6) is 0. The zero-order valence-electron chi connectivity index (χ0n) is 24.5. The third-order valence-electron chi connectivity index (χ3n) is 8.18. The molecule has 2 aromatic heterocycles. The van der Waals surface area contributed by atoms with Crippen molar-refractivity contribution < 1.29 is 0 Å². The maximum absolute atomic E-state index is 13.9. The first-order chi connectivity index (χ1) is 20.7. The summed E-state index contributed by atoms with van der Waals surface area (Å²) in [6, 6.07) is 19.6. The average Bonchev–Trinajstić information content (AvgIpc) is 3.02. The predicted octanol–water partition coefficient (Wildman–Crippen LogP) is 4.06. The van der Waals surface area contributed by atoms with E-state index in [0.717, 1.165) is 99.9 Å². The van der Waals surface area contributed by atoms with Gasteiger partial charge in [-0.05, 0) is 75.2 Å². The standard InChI is InChI=1S/C34H44N6O2/c35-15-19-37-17-7-1-9-21-39-29-13-5-3-11-25(29)33(41)27-24-32-28(23-31(27)39)34(42)26-12-4-6-14-30(26)40(32)22-10-2-8-18-38-20-16-36/h3-6,11-14,23-24,37-38H,1-2,7-10,15-22,35-36H2. The van der Waals surface area contributed by atoms with Crippen molar-refractivity contribution in [1.82, 2.24) is 19.8 Å². The highest BCUT2D eigenvalue weighted by atomic mass is 16.1. The highest BCUT2D eigenvalue weighted by Gasteiger charge is 2.16. The average molecular weight is 569 g/mol. The molecular formula is C34H44N6O2. The molecule has 0 unspecified atom stereocenters. The fourth-order valence-corrected chi connectivity index (χ4v) is 6.07. The lowest BCUT2D eigenvalue weighted by atomic mass is 10.0. The number of nitrogens with one attached hydrogen (secondary N) is 2. The van der Waals surface area contributed by atoms with Gasteiger partial charge in [0, 0.05) is 60.8 Å². The second kappa shape index (κ2) is 14.6. The molecule has 8 nitrogen and oxygen atoms in total. The Balaban J connectivity index is 1.57. The number of nitrogens with two attached hydrogens (primary N) is 2. The van der Waals surface area contributed by atoms with Crippen LogP contribution in [0.4, 0.5) is 0 Å². The van der Waals surface area contributed by atoms with Gasteiger partial charge in [0.25, 0.3) is 0 Å². The number of fused-ring (bicyclic) bond motifs is 4. The van der Waals surface area contributed by atoms with Crippen LogP contribution in [-0.2, 0) is 13.1 Å². The number of hydrogen-bond acceptors (Lipinski definition) is 6. The lowest BCUT2D eigenvalue weighted by Crippen LogP contribution is -2.23. The summed E-state index contributed by atoms with van der Waals surface area (Å²) in [6.07, 6.45) is 6.22. The smallest absolute Gasteiger partial charge is 0.197 e. The summed E-state index contributed by atoms with van der Waals surface area (Å²) in [5, 5.41) is 9.48. The highest BCUT2D eigenvalue weighted by molar-refractivity contribution is 6.03. The van der Waals surface area contributed by atoms with Gasteiger partial charge in [0.15, 0.2) is 10.9 Å². The van der Waals surface area contributed by atoms with Crippen LogP contribution in [0.25, 0.3) is 43.6 Å². The van der Waals surface area contributed by atoms with Gasteiger partial charge in [-0.25, -0.2) is 0 Å². The summed E-state index contributed by atoms with van der Waals surface area (Å²) in [4.78, 5) is 27.7. The van der Waals surface area contributed by atoms with Crippen LogP contribution in [0.3, 0.4) is 0 Å². The molecule has 3 aromatic carbocycles. The van der Waals surface area contributed by atoms with E-state index >= 15 is 0 Å². The zero-order chi connectivity index (χ0) is 29.3. The monoisotopic (exact) mass is 568 g/mol. The van der Waals surface area contributed by atoms with Crippen molar-refractivity contribution in [3.63, 3.8) is 0 Å². The second-order valence-electron chi connectivity index (χ2n) is 11.1. The van der Waals surface area contributed by atoms with E-state index in [-0.39, 0.29) is 10.9 Å². The minimum Gasteiger partial charge on any atom is -0.340 e. The Morgan fingerprint density at radius 3 is 1.36 bits per heavy atom. The van der Waals surface area contributed by atoms with Crippen molar-refractivity contribution in [2.75, 3.05) is 39.3 Å². The SMILES string of the molecule is NCCNCCCCCn1c2ccccc2c(=O)c2cc3c(cc21)c(=O)c1ccccc1n3CCCCCNCCN. The van der Waals surface area contributed by atoms with Gasteiger partial charge in [-0.15, -0.1) is 0 Å². The van der Waals surface area contributed by atoms with E-state index in [1.54, 1.807) is 0 Å². The van der Waals surface area contributed by atoms with E-state index in [4.69, 9.17) is 11.5 Å². The Bertz CT molecular complexity index is 1640. The Morgan fingerprint density at radius 1 is 0.500 bits per heavy atom. The van der Waals surface area contributed by atoms with Crippen LogP contribution in [0.1, 0.15) is 38.5 Å². The quantitative estimate of drug-likeness (QED) is 0.105. The normalized spacial score (nSPS) is 11.9. The Morgan fingerprint density at radius 2 is 0.929 bits per heavy atom. The first-order valence-corrected chi connectivity index (χ1v) is 15.5. The largest absolute Gasteiger partial charge is 0.340 e. The van der Waals surface area contributed by atoms with Gasteiger partial charge in [0.1, 0.15) is 0 Å². The van der Waals surface area contributed by atoms with E-state index in [9.17, 15) is 9.59 Å². The summed E-state index contributed by atoms with van der Waals surface area (Å²) in [7, 11) is 0. The molecule has 42 heavy (non-hydrogen) atoms. The number of rotatable bonds is 16. The molecule has 6 N–H and O–H groups in total. The Kier molecular flexibility index (Phi) is 10.4. The molecule has 0 fully saturated rings. The number of aromatic nitrogens is 2. The molecule has 0 atom stereocenters. The van der Waals surface area contributed by atoms with Gasteiger partial charge < -0.3 is 31.2 Å². The van der Waals surface area contributed by atoms with Crippen LogP contribution >= 0.6 is 0 Å². The molecule has 0 bridgehead atoms. The summed E-state index contributed by atoms with van der Waals surface area (Å²) in [6.45, 7) is 6.41. The van der Waals surface area contributed by atoms with Gasteiger partial charge in [-0.3, -0.25) is 9.59 Å². The maximum Gasteiger partial charge on any atom is 0.197 e. The number of pyridine rings is 2. The molecule has 0 radical (unpaired) electrons. The Labute approximate surface area is 246 Å². The minimum absolute atomic E-state index is 0.0165. The van der Waals surface area contributed by atoms with Crippen LogP contribution in [0.2, 0.25) is 0 Å². The first-order valence-electron chi connectivity index (χ1n) is 15.5. The molecule has 5 rings (SSSR count). The van der Waals surface area contributed by atoms with E-state index in [0.29, 0.717) is 34.6 Å². The van der Waals surface area contributed by atoms with Gasteiger partial charge in [-0.2, -0.15) is 0 Å². The fourth-order valence-electron chi connectivity index (χ4n) is 6.07. The molecular weight excluding hydrogens is 524 g/mol.